The number of aromatic hydroxyl groups is 1. The maximum atomic E-state index is 12.7. The van der Waals surface area contributed by atoms with Crippen molar-refractivity contribution in [2.75, 3.05) is 20.3 Å². The molecule has 0 amide bonds. The molecular formula is C26H28O6. The van der Waals surface area contributed by atoms with E-state index < -0.39 is 0 Å². The summed E-state index contributed by atoms with van der Waals surface area (Å²) in [6.07, 6.45) is 3.88. The number of hydrogen-bond donors (Lipinski definition) is 1. The van der Waals surface area contributed by atoms with Crippen LogP contribution < -0.4 is 19.6 Å². The number of benzene rings is 2. The molecule has 0 bridgehead atoms. The van der Waals surface area contributed by atoms with Gasteiger partial charge in [-0.2, -0.15) is 0 Å². The number of rotatable bonds is 8. The smallest absolute Gasteiger partial charge is 0.197 e. The van der Waals surface area contributed by atoms with E-state index in [4.69, 9.17) is 18.6 Å². The SMILES string of the molecule is COc1ccc(-c2cc(=O)c3c(O)cc(OCC=C(C)C)cc3o2)cc1OCC=C(C)C. The van der Waals surface area contributed by atoms with Crippen LogP contribution in [0.15, 0.2) is 68.9 Å². The first-order chi connectivity index (χ1) is 15.3. The highest BCUT2D eigenvalue weighted by Crippen LogP contribution is 2.35. The lowest BCUT2D eigenvalue weighted by molar-refractivity contribution is 0.326. The fourth-order valence-electron chi connectivity index (χ4n) is 3.01. The number of methoxy groups -OCH3 is 1. The number of allylic oxidation sites excluding steroid dienone is 2. The number of hydrogen-bond acceptors (Lipinski definition) is 6. The van der Waals surface area contributed by atoms with Crippen molar-refractivity contribution in [2.45, 2.75) is 27.7 Å². The van der Waals surface area contributed by atoms with Crippen molar-refractivity contribution in [1.29, 1.82) is 0 Å². The van der Waals surface area contributed by atoms with E-state index in [1.807, 2.05) is 39.8 Å². The van der Waals surface area contributed by atoms with Crippen LogP contribution in [-0.4, -0.2) is 25.4 Å². The molecule has 0 aliphatic rings. The summed E-state index contributed by atoms with van der Waals surface area (Å²) in [4.78, 5) is 12.7. The Balaban J connectivity index is 2.02. The Labute approximate surface area is 187 Å². The van der Waals surface area contributed by atoms with E-state index in [1.54, 1.807) is 31.4 Å². The zero-order valence-corrected chi connectivity index (χ0v) is 19.0. The number of fused-ring (bicyclic) bond motifs is 1. The molecule has 168 valence electrons. The topological polar surface area (TPSA) is 78.1 Å². The van der Waals surface area contributed by atoms with Gasteiger partial charge in [-0.15, -0.1) is 0 Å². The van der Waals surface area contributed by atoms with E-state index in [0.717, 1.165) is 11.1 Å². The normalized spacial score (nSPS) is 10.5. The average Bonchev–Trinajstić information content (AvgIpc) is 2.72. The molecule has 1 aromatic heterocycles. The molecule has 0 aliphatic carbocycles. The lowest BCUT2D eigenvalue weighted by atomic mass is 10.1. The molecule has 0 spiro atoms. The molecule has 0 atom stereocenters. The molecule has 32 heavy (non-hydrogen) atoms. The average molecular weight is 437 g/mol. The summed E-state index contributed by atoms with van der Waals surface area (Å²) in [5, 5.41) is 10.5. The molecule has 6 heteroatoms. The van der Waals surface area contributed by atoms with Crippen molar-refractivity contribution in [3.63, 3.8) is 0 Å². The molecule has 1 N–H and O–H groups in total. The van der Waals surface area contributed by atoms with Gasteiger partial charge in [0, 0.05) is 23.8 Å². The Bertz CT molecular complexity index is 1230. The van der Waals surface area contributed by atoms with E-state index in [1.165, 1.54) is 12.1 Å². The molecule has 6 nitrogen and oxygen atoms in total. The Morgan fingerprint density at radius 1 is 0.938 bits per heavy atom. The molecule has 3 rings (SSSR count). The summed E-state index contributed by atoms with van der Waals surface area (Å²) in [7, 11) is 1.57. The maximum Gasteiger partial charge on any atom is 0.197 e. The van der Waals surface area contributed by atoms with Crippen molar-refractivity contribution >= 4 is 11.0 Å². The van der Waals surface area contributed by atoms with Crippen LogP contribution >= 0.6 is 0 Å². The highest BCUT2D eigenvalue weighted by atomic mass is 16.5. The second kappa shape index (κ2) is 10.1. The Morgan fingerprint density at radius 2 is 1.62 bits per heavy atom. The van der Waals surface area contributed by atoms with Crippen molar-refractivity contribution in [3.05, 3.63) is 69.9 Å². The van der Waals surface area contributed by atoms with Crippen molar-refractivity contribution < 1.29 is 23.7 Å². The minimum absolute atomic E-state index is 0.108. The van der Waals surface area contributed by atoms with Crippen LogP contribution in [0.1, 0.15) is 27.7 Å². The first-order valence-electron chi connectivity index (χ1n) is 10.3. The molecule has 0 saturated heterocycles. The predicted molar refractivity (Wildman–Crippen MR) is 126 cm³/mol. The summed E-state index contributed by atoms with van der Waals surface area (Å²) in [5.41, 5.74) is 2.79. The van der Waals surface area contributed by atoms with E-state index in [2.05, 4.69) is 0 Å². The fraction of sp³-hybridized carbons (Fsp3) is 0.269. The van der Waals surface area contributed by atoms with Gasteiger partial charge in [-0.3, -0.25) is 4.79 Å². The van der Waals surface area contributed by atoms with Gasteiger partial charge in [-0.1, -0.05) is 11.1 Å². The number of ether oxygens (including phenoxy) is 3. The van der Waals surface area contributed by atoms with Gasteiger partial charge < -0.3 is 23.7 Å². The quantitative estimate of drug-likeness (QED) is 0.445. The van der Waals surface area contributed by atoms with Crippen molar-refractivity contribution in [1.82, 2.24) is 0 Å². The number of phenols is 1. The molecule has 1 heterocycles. The molecular weight excluding hydrogens is 408 g/mol. The lowest BCUT2D eigenvalue weighted by Crippen LogP contribution is -2.02. The van der Waals surface area contributed by atoms with Crippen molar-refractivity contribution in [2.24, 2.45) is 0 Å². The highest BCUT2D eigenvalue weighted by molar-refractivity contribution is 5.86. The van der Waals surface area contributed by atoms with Gasteiger partial charge in [0.05, 0.1) is 7.11 Å². The summed E-state index contributed by atoms with van der Waals surface area (Å²) in [6.45, 7) is 8.67. The standard InChI is InChI=1S/C26H28O6/c1-16(2)8-10-30-19-13-20(27)26-21(28)15-23(32-25(26)14-19)18-6-7-22(29-5)24(12-18)31-11-9-17(3)4/h6-9,12-15,27H,10-11H2,1-5H3. The molecule has 2 aromatic carbocycles. The van der Waals surface area contributed by atoms with Crippen molar-refractivity contribution in [3.8, 4) is 34.3 Å². The van der Waals surface area contributed by atoms with E-state index in [9.17, 15) is 9.90 Å². The van der Waals surface area contributed by atoms with E-state index in [-0.39, 0.29) is 22.1 Å². The minimum atomic E-state index is -0.350. The van der Waals surface area contributed by atoms with Gasteiger partial charge in [-0.25, -0.2) is 0 Å². The van der Waals surface area contributed by atoms with Crippen LogP contribution in [0, 0.1) is 0 Å². The van der Waals surface area contributed by atoms with Gasteiger partial charge in [0.1, 0.15) is 41.4 Å². The summed E-state index contributed by atoms with van der Waals surface area (Å²) < 4.78 is 22.9. The fourth-order valence-corrected chi connectivity index (χ4v) is 3.01. The maximum absolute atomic E-state index is 12.7. The third kappa shape index (κ3) is 5.52. The van der Waals surface area contributed by atoms with Gasteiger partial charge >= 0.3 is 0 Å². The van der Waals surface area contributed by atoms with Crippen LogP contribution in [0.4, 0.5) is 0 Å². The molecule has 3 aromatic rings. The molecule has 0 radical (unpaired) electrons. The second-order valence-electron chi connectivity index (χ2n) is 7.84. The van der Waals surface area contributed by atoms with Crippen LogP contribution in [0.2, 0.25) is 0 Å². The second-order valence-corrected chi connectivity index (χ2v) is 7.84. The van der Waals surface area contributed by atoms with Gasteiger partial charge in [0.25, 0.3) is 0 Å². The zero-order valence-electron chi connectivity index (χ0n) is 19.0. The minimum Gasteiger partial charge on any atom is -0.507 e. The monoisotopic (exact) mass is 436 g/mol. The Morgan fingerprint density at radius 3 is 2.28 bits per heavy atom. The third-order valence-electron chi connectivity index (χ3n) is 4.70. The summed E-state index contributed by atoms with van der Waals surface area (Å²) in [5.74, 6) is 1.68. The van der Waals surface area contributed by atoms with Crippen LogP contribution in [0.3, 0.4) is 0 Å². The Kier molecular flexibility index (Phi) is 7.25. The zero-order chi connectivity index (χ0) is 23.3. The van der Waals surface area contributed by atoms with E-state index >= 15 is 0 Å². The molecule has 0 aliphatic heterocycles. The highest BCUT2D eigenvalue weighted by Gasteiger charge is 2.15. The Hall–Kier alpha value is -3.67. The summed E-state index contributed by atoms with van der Waals surface area (Å²) in [6, 6.07) is 9.68. The molecule has 0 unspecified atom stereocenters. The third-order valence-corrected chi connectivity index (χ3v) is 4.70. The lowest BCUT2D eigenvalue weighted by Gasteiger charge is -2.12. The van der Waals surface area contributed by atoms with Gasteiger partial charge in [0.2, 0.25) is 0 Å². The molecule has 0 saturated carbocycles. The van der Waals surface area contributed by atoms with Crippen LogP contribution in [0.5, 0.6) is 23.0 Å². The largest absolute Gasteiger partial charge is 0.507 e. The van der Waals surface area contributed by atoms with E-state index in [0.29, 0.717) is 41.8 Å². The predicted octanol–water partition coefficient (Wildman–Crippen LogP) is 5.86. The molecule has 0 fully saturated rings. The first-order valence-corrected chi connectivity index (χ1v) is 10.3. The summed E-state index contributed by atoms with van der Waals surface area (Å²) >= 11 is 0. The van der Waals surface area contributed by atoms with Gasteiger partial charge in [-0.05, 0) is 58.0 Å². The van der Waals surface area contributed by atoms with Crippen LogP contribution in [-0.2, 0) is 0 Å². The number of phenolic OH excluding ortho intramolecular Hbond substituents is 1. The van der Waals surface area contributed by atoms with Crippen LogP contribution in [0.25, 0.3) is 22.3 Å². The first kappa shape index (κ1) is 23.0. The van der Waals surface area contributed by atoms with Gasteiger partial charge in [0.15, 0.2) is 16.9 Å².